The van der Waals surface area contributed by atoms with Gasteiger partial charge in [-0.1, -0.05) is 0 Å². The van der Waals surface area contributed by atoms with Crippen LogP contribution in [0.25, 0.3) is 11.1 Å². The van der Waals surface area contributed by atoms with Crippen LogP contribution in [0.2, 0.25) is 19.6 Å². The van der Waals surface area contributed by atoms with E-state index in [2.05, 4.69) is 111 Å². The van der Waals surface area contributed by atoms with Gasteiger partial charge in [-0.3, -0.25) is 0 Å². The molecule has 1 atom stereocenters. The Balaban J connectivity index is 0.00000348. The minimum atomic E-state index is -4.63. The van der Waals surface area contributed by atoms with Crippen molar-refractivity contribution < 1.29 is 72.4 Å². The molecule has 0 aromatic heterocycles. The molecule has 1 unspecified atom stereocenters. The van der Waals surface area contributed by atoms with Crippen molar-refractivity contribution in [2.24, 2.45) is 5.92 Å². The smallest absolute Gasteiger partial charge is 1.00 e. The summed E-state index contributed by atoms with van der Waals surface area (Å²) in [6, 6.07) is 21.7. The summed E-state index contributed by atoms with van der Waals surface area (Å²) in [5, 5.41) is 1.32. The summed E-state index contributed by atoms with van der Waals surface area (Å²) in [6.07, 6.45) is -6.25. The quantitative estimate of drug-likeness (QED) is 0.130. The molecule has 0 heterocycles. The molecular formula is C46H50Cl2F6SiZr. The average Bonchev–Trinajstić information content (AvgIpc) is 3.57. The predicted molar refractivity (Wildman–Crippen MR) is 211 cm³/mol. The zero-order chi connectivity index (χ0) is 39.9. The summed E-state index contributed by atoms with van der Waals surface area (Å²) < 4.78 is 90.0. The molecule has 298 valence electrons. The van der Waals surface area contributed by atoms with E-state index >= 15 is 0 Å². The first-order valence-electron chi connectivity index (χ1n) is 18.6. The van der Waals surface area contributed by atoms with Crippen LogP contribution >= 0.6 is 0 Å². The summed E-state index contributed by atoms with van der Waals surface area (Å²) in [5.41, 5.74) is 6.78. The fourth-order valence-corrected chi connectivity index (χ4v) is 20.5. The van der Waals surface area contributed by atoms with E-state index in [1.54, 1.807) is 12.1 Å². The van der Waals surface area contributed by atoms with Crippen molar-refractivity contribution in [3.63, 3.8) is 0 Å². The van der Waals surface area contributed by atoms with Gasteiger partial charge in [-0.05, 0) is 0 Å². The molecule has 2 aliphatic carbocycles. The first-order valence-corrected chi connectivity index (χ1v) is 25.8. The molecule has 10 heteroatoms. The third-order valence-corrected chi connectivity index (χ3v) is 21.8. The van der Waals surface area contributed by atoms with Crippen molar-refractivity contribution in [2.45, 2.75) is 105 Å². The van der Waals surface area contributed by atoms with E-state index < -0.39 is 52.8 Å². The fourth-order valence-electron chi connectivity index (χ4n) is 8.38. The molecule has 4 aromatic carbocycles. The zero-order valence-corrected chi connectivity index (χ0v) is 38.9. The SMILES string of the molecule is CC1=[C]([Zr+2](=[C](c2cccc(C(F)(F)F)c2)c2cccc(C(F)(F)F)c2)[c]2c(C(C)(C)C)ccc3c2Cc2cc(C(C)(C)C)ccc2-3)C(C)C=C1[Si](C)(C)C.[Cl-].[Cl-]. The molecule has 0 aliphatic heterocycles. The number of hydrogen-bond acceptors (Lipinski definition) is 0. The third-order valence-electron chi connectivity index (χ3n) is 11.0. The second-order valence-electron chi connectivity index (χ2n) is 18.1. The van der Waals surface area contributed by atoms with E-state index in [-0.39, 0.29) is 41.6 Å². The molecule has 0 saturated carbocycles. The minimum Gasteiger partial charge on any atom is -1.00 e. The van der Waals surface area contributed by atoms with Gasteiger partial charge in [0.2, 0.25) is 0 Å². The van der Waals surface area contributed by atoms with Gasteiger partial charge >= 0.3 is 327 Å². The summed E-state index contributed by atoms with van der Waals surface area (Å²) in [4.78, 5) is 0. The Bertz CT molecular complexity index is 2200. The van der Waals surface area contributed by atoms with Gasteiger partial charge in [0.15, 0.2) is 0 Å². The Hall–Kier alpha value is -2.51. The van der Waals surface area contributed by atoms with Crippen LogP contribution in [0.5, 0.6) is 0 Å². The molecule has 0 saturated heterocycles. The molecule has 2 aliphatic rings. The number of alkyl halides is 6. The van der Waals surface area contributed by atoms with Gasteiger partial charge in [0.25, 0.3) is 0 Å². The minimum absolute atomic E-state index is 0. The van der Waals surface area contributed by atoms with E-state index in [0.29, 0.717) is 20.8 Å². The van der Waals surface area contributed by atoms with E-state index in [9.17, 15) is 26.3 Å². The number of benzene rings is 4. The summed E-state index contributed by atoms with van der Waals surface area (Å²) in [7, 11) is -1.90. The Morgan fingerprint density at radius 3 is 1.62 bits per heavy atom. The van der Waals surface area contributed by atoms with Crippen molar-refractivity contribution >= 4 is 14.6 Å². The Morgan fingerprint density at radius 2 is 1.18 bits per heavy atom. The maximum atomic E-state index is 14.5. The second kappa shape index (κ2) is 15.9. The molecule has 6 rings (SSSR count). The zero-order valence-electron chi connectivity index (χ0n) is 33.9. The molecule has 0 N–H and O–H groups in total. The van der Waals surface area contributed by atoms with Crippen molar-refractivity contribution in [2.75, 3.05) is 0 Å². The van der Waals surface area contributed by atoms with E-state index in [1.807, 2.05) is 0 Å². The van der Waals surface area contributed by atoms with E-state index in [1.165, 1.54) is 58.3 Å². The number of halogens is 8. The van der Waals surface area contributed by atoms with Crippen LogP contribution in [-0.2, 0) is 50.9 Å². The molecule has 0 fully saturated rings. The monoisotopic (exact) mass is 904 g/mol. The Kier molecular flexibility index (Phi) is 13.1. The van der Waals surface area contributed by atoms with Crippen molar-refractivity contribution in [3.8, 4) is 11.1 Å². The summed E-state index contributed by atoms with van der Waals surface area (Å²) >= 11 is -3.86. The number of rotatable bonds is 5. The predicted octanol–water partition coefficient (Wildman–Crippen LogP) is 7.14. The normalized spacial score (nSPS) is 15.6. The topological polar surface area (TPSA) is 0 Å². The second-order valence-corrected chi connectivity index (χ2v) is 28.8. The Labute approximate surface area is 349 Å². The molecule has 4 aromatic rings. The van der Waals surface area contributed by atoms with Gasteiger partial charge < -0.3 is 24.8 Å². The molecule has 0 nitrogen and oxygen atoms in total. The average molecular weight is 907 g/mol. The van der Waals surface area contributed by atoms with Gasteiger partial charge in [0.05, 0.1) is 0 Å². The van der Waals surface area contributed by atoms with Crippen LogP contribution in [0.15, 0.2) is 99.0 Å². The molecule has 0 bridgehead atoms. The van der Waals surface area contributed by atoms with E-state index in [4.69, 9.17) is 0 Å². The van der Waals surface area contributed by atoms with Crippen molar-refractivity contribution in [1.82, 2.24) is 0 Å². The van der Waals surface area contributed by atoms with Crippen molar-refractivity contribution in [3.05, 3.63) is 143 Å². The number of fused-ring (bicyclic) bond motifs is 3. The fraction of sp³-hybridized carbons (Fsp3) is 0.370. The summed E-state index contributed by atoms with van der Waals surface area (Å²) in [5.74, 6) is -0.0207. The standard InChI is InChI=1S/C21H25.C15H8F6.C10H17Si.2ClH.Zr/c1-20(2,3)16-7-9-18-14(12-16)11-15-13-17(21(4,5)6)8-10-19(15)18;16-14(17,18)12-5-1-3-10(8-12)7-11-4-2-6-13(9-11)15(19,20)21;1-8-6-9(2)10(7-8)11(3,4)5;;;/h7-10,12H,11H2,1-6H3;1-6,8-9H;7-8H,1-5H3;2*1H;/q;;;;;+2/p-2. The molecule has 0 amide bonds. The van der Waals surface area contributed by atoms with Crippen LogP contribution in [0, 0.1) is 5.92 Å². The molecule has 56 heavy (non-hydrogen) atoms. The molecule has 0 radical (unpaired) electrons. The van der Waals surface area contributed by atoms with Crippen LogP contribution < -0.4 is 28.1 Å². The maximum Gasteiger partial charge on any atom is -1.00 e. The maximum absolute atomic E-state index is 14.5. The van der Waals surface area contributed by atoms with Crippen molar-refractivity contribution in [1.29, 1.82) is 0 Å². The Morgan fingerprint density at radius 1 is 0.661 bits per heavy atom. The molecular weight excluding hydrogens is 857 g/mol. The first-order chi connectivity index (χ1) is 24.8. The van der Waals surface area contributed by atoms with Crippen LogP contribution in [0.4, 0.5) is 26.3 Å². The third kappa shape index (κ3) is 8.89. The number of hydrogen-bond donors (Lipinski definition) is 0. The number of allylic oxidation sites excluding steroid dienone is 4. The van der Waals surface area contributed by atoms with E-state index in [0.717, 1.165) is 28.8 Å². The van der Waals surface area contributed by atoms with Crippen LogP contribution in [0.1, 0.15) is 99.9 Å². The van der Waals surface area contributed by atoms with Crippen LogP contribution in [0.3, 0.4) is 0 Å². The van der Waals surface area contributed by atoms with Gasteiger partial charge in [0.1, 0.15) is 0 Å². The largest absolute Gasteiger partial charge is 1.00 e. The van der Waals surface area contributed by atoms with Gasteiger partial charge in [0, 0.05) is 0 Å². The van der Waals surface area contributed by atoms with Gasteiger partial charge in [-0.2, -0.15) is 0 Å². The first kappa shape index (κ1) is 46.2. The van der Waals surface area contributed by atoms with Gasteiger partial charge in [-0.25, -0.2) is 0 Å². The molecule has 0 spiro atoms. The van der Waals surface area contributed by atoms with Gasteiger partial charge in [-0.15, -0.1) is 0 Å². The van der Waals surface area contributed by atoms with Crippen LogP contribution in [-0.4, -0.2) is 11.3 Å². The summed E-state index contributed by atoms with van der Waals surface area (Å²) in [6.45, 7) is 24.3.